The van der Waals surface area contributed by atoms with Crippen LogP contribution in [0, 0.1) is 6.92 Å². The number of piperidine rings is 1. The minimum absolute atomic E-state index is 0.0136. The minimum Gasteiger partial charge on any atom is -0.338 e. The second kappa shape index (κ2) is 6.98. The molecule has 0 spiro atoms. The molecule has 1 fully saturated rings. The molecule has 1 aromatic heterocycles. The van der Waals surface area contributed by atoms with Crippen LogP contribution >= 0.6 is 0 Å². The number of carbonyl (C=O) groups excluding carboxylic acids is 1. The van der Waals surface area contributed by atoms with Crippen molar-refractivity contribution < 1.29 is 4.79 Å². The Morgan fingerprint density at radius 3 is 2.48 bits per heavy atom. The van der Waals surface area contributed by atoms with E-state index in [2.05, 4.69) is 21.9 Å². The van der Waals surface area contributed by atoms with Gasteiger partial charge in [-0.3, -0.25) is 4.79 Å². The van der Waals surface area contributed by atoms with Crippen molar-refractivity contribution in [2.24, 2.45) is 0 Å². The van der Waals surface area contributed by atoms with Gasteiger partial charge in [0.2, 0.25) is 0 Å². The first-order valence-corrected chi connectivity index (χ1v) is 7.88. The van der Waals surface area contributed by atoms with Crippen molar-refractivity contribution in [3.63, 3.8) is 0 Å². The minimum atomic E-state index is 0.0136. The molecule has 0 bridgehead atoms. The van der Waals surface area contributed by atoms with E-state index in [9.17, 15) is 4.79 Å². The molecule has 1 aliphatic heterocycles. The fourth-order valence-electron chi connectivity index (χ4n) is 2.89. The number of amides is 1. The van der Waals surface area contributed by atoms with E-state index in [-0.39, 0.29) is 5.91 Å². The summed E-state index contributed by atoms with van der Waals surface area (Å²) < 4.78 is 0. The SMILES string of the molecule is CCN(CC)C(=O)c1cc(C2CCN(C)CC2)nc(C)n1. The van der Waals surface area contributed by atoms with E-state index >= 15 is 0 Å². The van der Waals surface area contributed by atoms with E-state index in [1.54, 1.807) is 4.90 Å². The monoisotopic (exact) mass is 290 g/mol. The maximum atomic E-state index is 12.5. The van der Waals surface area contributed by atoms with Crippen LogP contribution in [0.1, 0.15) is 54.6 Å². The van der Waals surface area contributed by atoms with Crippen LogP contribution in [0.4, 0.5) is 0 Å². The van der Waals surface area contributed by atoms with Gasteiger partial charge in [-0.2, -0.15) is 0 Å². The maximum absolute atomic E-state index is 12.5. The van der Waals surface area contributed by atoms with E-state index in [1.807, 2.05) is 26.8 Å². The third-order valence-electron chi connectivity index (χ3n) is 4.26. The maximum Gasteiger partial charge on any atom is 0.272 e. The molecule has 5 heteroatoms. The lowest BCUT2D eigenvalue weighted by Crippen LogP contribution is -2.32. The van der Waals surface area contributed by atoms with Crippen LogP contribution < -0.4 is 0 Å². The van der Waals surface area contributed by atoms with Crippen LogP contribution in [-0.4, -0.2) is 58.9 Å². The van der Waals surface area contributed by atoms with Crippen molar-refractivity contribution in [2.75, 3.05) is 33.2 Å². The Hall–Kier alpha value is -1.49. The van der Waals surface area contributed by atoms with Gasteiger partial charge in [-0.15, -0.1) is 0 Å². The zero-order valence-corrected chi connectivity index (χ0v) is 13.6. The molecule has 0 atom stereocenters. The Bertz CT molecular complexity index is 491. The highest BCUT2D eigenvalue weighted by Crippen LogP contribution is 2.26. The van der Waals surface area contributed by atoms with Crippen molar-refractivity contribution in [1.82, 2.24) is 19.8 Å². The van der Waals surface area contributed by atoms with Crippen LogP contribution in [-0.2, 0) is 0 Å². The van der Waals surface area contributed by atoms with Crippen molar-refractivity contribution in [3.8, 4) is 0 Å². The van der Waals surface area contributed by atoms with Crippen LogP contribution in [0.2, 0.25) is 0 Å². The van der Waals surface area contributed by atoms with Crippen molar-refractivity contribution in [2.45, 2.75) is 39.5 Å². The molecular weight excluding hydrogens is 264 g/mol. The topological polar surface area (TPSA) is 49.3 Å². The highest BCUT2D eigenvalue weighted by Gasteiger charge is 2.22. The second-order valence-electron chi connectivity index (χ2n) is 5.78. The summed E-state index contributed by atoms with van der Waals surface area (Å²) in [4.78, 5) is 25.5. The molecule has 0 unspecified atom stereocenters. The molecule has 1 aromatic rings. The van der Waals surface area contributed by atoms with Gasteiger partial charge >= 0.3 is 0 Å². The average Bonchev–Trinajstić information content (AvgIpc) is 2.48. The Balaban J connectivity index is 2.23. The normalized spacial score (nSPS) is 17.0. The fraction of sp³-hybridized carbons (Fsp3) is 0.688. The highest BCUT2D eigenvalue weighted by molar-refractivity contribution is 5.92. The van der Waals surface area contributed by atoms with E-state index < -0.39 is 0 Å². The summed E-state index contributed by atoms with van der Waals surface area (Å²) in [5.74, 6) is 1.16. The number of nitrogens with zero attached hydrogens (tertiary/aromatic N) is 4. The largest absolute Gasteiger partial charge is 0.338 e. The quantitative estimate of drug-likeness (QED) is 0.852. The van der Waals surface area contributed by atoms with E-state index in [0.717, 1.165) is 31.6 Å². The van der Waals surface area contributed by atoms with Crippen LogP contribution in [0.25, 0.3) is 0 Å². The van der Waals surface area contributed by atoms with Crippen LogP contribution in [0.15, 0.2) is 6.07 Å². The Labute approximate surface area is 127 Å². The molecule has 116 valence electrons. The molecule has 21 heavy (non-hydrogen) atoms. The number of aromatic nitrogens is 2. The summed E-state index contributed by atoms with van der Waals surface area (Å²) in [6, 6.07) is 1.91. The molecule has 2 rings (SSSR count). The number of hydrogen-bond donors (Lipinski definition) is 0. The number of rotatable bonds is 4. The van der Waals surface area contributed by atoms with Gasteiger partial charge in [0, 0.05) is 24.7 Å². The lowest BCUT2D eigenvalue weighted by atomic mass is 9.93. The van der Waals surface area contributed by atoms with E-state index in [1.165, 1.54) is 0 Å². The lowest BCUT2D eigenvalue weighted by molar-refractivity contribution is 0.0766. The summed E-state index contributed by atoms with van der Waals surface area (Å²) in [6.45, 7) is 9.46. The van der Waals surface area contributed by atoms with Gasteiger partial charge in [-0.05, 0) is 59.8 Å². The zero-order valence-electron chi connectivity index (χ0n) is 13.6. The third kappa shape index (κ3) is 3.79. The molecule has 0 aromatic carbocycles. The number of likely N-dealkylation sites (tertiary alicyclic amines) is 1. The van der Waals surface area contributed by atoms with Crippen molar-refractivity contribution in [1.29, 1.82) is 0 Å². The predicted octanol–water partition coefficient (Wildman–Crippen LogP) is 2.08. The predicted molar refractivity (Wildman–Crippen MR) is 83.5 cm³/mol. The molecule has 1 amide bonds. The molecule has 5 nitrogen and oxygen atoms in total. The molecule has 0 saturated carbocycles. The van der Waals surface area contributed by atoms with Crippen molar-refractivity contribution in [3.05, 3.63) is 23.3 Å². The highest BCUT2D eigenvalue weighted by atomic mass is 16.2. The zero-order chi connectivity index (χ0) is 15.4. The fourth-order valence-corrected chi connectivity index (χ4v) is 2.89. The summed E-state index contributed by atoms with van der Waals surface area (Å²) >= 11 is 0. The second-order valence-corrected chi connectivity index (χ2v) is 5.78. The molecule has 1 aliphatic rings. The Morgan fingerprint density at radius 2 is 1.90 bits per heavy atom. The van der Waals surface area contributed by atoms with Crippen LogP contribution in [0.3, 0.4) is 0 Å². The first-order valence-electron chi connectivity index (χ1n) is 7.88. The molecule has 0 radical (unpaired) electrons. The number of hydrogen-bond acceptors (Lipinski definition) is 4. The van der Waals surface area contributed by atoms with Gasteiger partial charge in [0.15, 0.2) is 0 Å². The summed E-state index contributed by atoms with van der Waals surface area (Å²) in [5, 5.41) is 0. The van der Waals surface area contributed by atoms with Gasteiger partial charge in [0.25, 0.3) is 5.91 Å². The van der Waals surface area contributed by atoms with Gasteiger partial charge in [-0.1, -0.05) is 0 Å². The Kier molecular flexibility index (Phi) is 5.28. The standard InChI is InChI=1S/C16H26N4O/c1-5-20(6-2)16(21)15-11-14(17-12(3)18-15)13-7-9-19(4)10-8-13/h11,13H,5-10H2,1-4H3. The average molecular weight is 290 g/mol. The van der Waals surface area contributed by atoms with Gasteiger partial charge in [-0.25, -0.2) is 9.97 Å². The summed E-state index contributed by atoms with van der Waals surface area (Å²) in [7, 11) is 2.15. The molecular formula is C16H26N4O. The van der Waals surface area contributed by atoms with Crippen molar-refractivity contribution >= 4 is 5.91 Å². The van der Waals surface area contributed by atoms with E-state index in [0.29, 0.717) is 30.5 Å². The molecule has 0 N–H and O–H groups in total. The first kappa shape index (κ1) is 15.9. The number of carbonyl (C=O) groups is 1. The molecule has 0 aliphatic carbocycles. The molecule has 2 heterocycles. The summed E-state index contributed by atoms with van der Waals surface area (Å²) in [6.07, 6.45) is 2.21. The van der Waals surface area contributed by atoms with Gasteiger partial charge < -0.3 is 9.80 Å². The third-order valence-corrected chi connectivity index (χ3v) is 4.26. The number of aryl methyl sites for hydroxylation is 1. The smallest absolute Gasteiger partial charge is 0.272 e. The lowest BCUT2D eigenvalue weighted by Gasteiger charge is -2.29. The van der Waals surface area contributed by atoms with Gasteiger partial charge in [0.1, 0.15) is 11.5 Å². The van der Waals surface area contributed by atoms with Gasteiger partial charge in [0.05, 0.1) is 0 Å². The van der Waals surface area contributed by atoms with Crippen LogP contribution in [0.5, 0.6) is 0 Å². The Morgan fingerprint density at radius 1 is 1.29 bits per heavy atom. The first-order chi connectivity index (χ1) is 10.0. The summed E-state index contributed by atoms with van der Waals surface area (Å²) in [5.41, 5.74) is 1.58. The molecule has 1 saturated heterocycles. The van der Waals surface area contributed by atoms with E-state index in [4.69, 9.17) is 0 Å².